The van der Waals surface area contributed by atoms with E-state index in [1.807, 2.05) is 0 Å². The van der Waals surface area contributed by atoms with E-state index >= 15 is 0 Å². The second kappa shape index (κ2) is 4.94. The average Bonchev–Trinajstić information content (AvgIpc) is 3.28. The molecular weight excluding hydrogens is 344 g/mol. The Morgan fingerprint density at radius 2 is 2.15 bits per heavy atom. The van der Waals surface area contributed by atoms with Crippen molar-refractivity contribution >= 4 is 31.8 Å². The molecule has 0 atom stereocenters. The van der Waals surface area contributed by atoms with Crippen molar-refractivity contribution in [3.8, 4) is 0 Å². The second-order valence-electron chi connectivity index (χ2n) is 5.61. The summed E-state index contributed by atoms with van der Waals surface area (Å²) in [4.78, 5) is 4.04. The predicted octanol–water partition coefficient (Wildman–Crippen LogP) is 1.60. The Morgan fingerprint density at radius 1 is 1.45 bits per heavy atom. The first-order valence-electron chi connectivity index (χ1n) is 6.59. The van der Waals surface area contributed by atoms with E-state index in [-0.39, 0.29) is 16.1 Å². The van der Waals surface area contributed by atoms with Crippen molar-refractivity contribution in [1.82, 2.24) is 9.71 Å². The molecule has 2 aliphatic carbocycles. The number of halogens is 1. The summed E-state index contributed by atoms with van der Waals surface area (Å²) in [7, 11) is -3.61. The van der Waals surface area contributed by atoms with Crippen molar-refractivity contribution < 1.29 is 8.42 Å². The van der Waals surface area contributed by atoms with E-state index in [9.17, 15) is 8.42 Å². The molecule has 0 aliphatic heterocycles. The normalized spacial score (nSPS) is 20.7. The Balaban J connectivity index is 1.79. The van der Waals surface area contributed by atoms with Crippen molar-refractivity contribution in [3.05, 3.63) is 16.7 Å². The van der Waals surface area contributed by atoms with Gasteiger partial charge in [-0.05, 0) is 59.0 Å². The van der Waals surface area contributed by atoms with Gasteiger partial charge in [0.15, 0.2) is 5.82 Å². The van der Waals surface area contributed by atoms with Crippen molar-refractivity contribution in [2.45, 2.75) is 30.6 Å². The molecule has 0 unspecified atom stereocenters. The number of nitrogens with zero attached hydrogens (tertiary/aromatic N) is 1. The molecule has 6 nitrogen and oxygen atoms in total. The number of anilines is 1. The number of aromatic nitrogens is 1. The minimum atomic E-state index is -3.61. The van der Waals surface area contributed by atoms with Gasteiger partial charge in [-0.25, -0.2) is 24.0 Å². The quantitative estimate of drug-likeness (QED) is 0.528. The number of nitrogens with two attached hydrogens (primary N) is 1. The van der Waals surface area contributed by atoms with E-state index in [1.54, 1.807) is 0 Å². The number of nitrogens with one attached hydrogen (secondary N) is 2. The van der Waals surface area contributed by atoms with Gasteiger partial charge in [0.1, 0.15) is 4.90 Å². The summed E-state index contributed by atoms with van der Waals surface area (Å²) in [5.41, 5.74) is 2.54. The number of hydrogen-bond acceptors (Lipinski definition) is 5. The summed E-state index contributed by atoms with van der Waals surface area (Å²) in [6.07, 6.45) is 6.21. The highest BCUT2D eigenvalue weighted by Crippen LogP contribution is 2.60. The fraction of sp³-hybridized carbons (Fsp3) is 0.583. The highest BCUT2D eigenvalue weighted by atomic mass is 79.9. The molecule has 3 rings (SSSR count). The van der Waals surface area contributed by atoms with Crippen LogP contribution in [0.15, 0.2) is 21.6 Å². The van der Waals surface area contributed by atoms with Crippen LogP contribution in [0.2, 0.25) is 0 Å². The second-order valence-corrected chi connectivity index (χ2v) is 8.26. The molecule has 2 saturated carbocycles. The van der Waals surface area contributed by atoms with Crippen LogP contribution in [0.3, 0.4) is 0 Å². The van der Waals surface area contributed by atoms with Crippen molar-refractivity contribution in [3.63, 3.8) is 0 Å². The first-order valence-corrected chi connectivity index (χ1v) is 8.86. The molecule has 4 N–H and O–H groups in total. The zero-order chi connectivity index (χ0) is 14.4. The third-order valence-electron chi connectivity index (χ3n) is 4.20. The van der Waals surface area contributed by atoms with Gasteiger partial charge in [-0.2, -0.15) is 0 Å². The molecule has 2 fully saturated rings. The van der Waals surface area contributed by atoms with Gasteiger partial charge in [0, 0.05) is 17.2 Å². The van der Waals surface area contributed by atoms with Crippen LogP contribution in [0.25, 0.3) is 0 Å². The summed E-state index contributed by atoms with van der Waals surface area (Å²) in [5.74, 6) is 6.19. The molecule has 1 aromatic heterocycles. The molecule has 0 amide bonds. The Bertz CT molecular complexity index is 626. The first-order chi connectivity index (χ1) is 9.47. The van der Waals surface area contributed by atoms with Gasteiger partial charge >= 0.3 is 0 Å². The van der Waals surface area contributed by atoms with Crippen LogP contribution in [0.5, 0.6) is 0 Å². The smallest absolute Gasteiger partial charge is 0.244 e. The van der Waals surface area contributed by atoms with E-state index < -0.39 is 10.0 Å². The lowest BCUT2D eigenvalue weighted by atomic mass is 10.0. The van der Waals surface area contributed by atoms with Crippen LogP contribution < -0.4 is 16.0 Å². The third kappa shape index (κ3) is 2.69. The molecule has 0 saturated heterocycles. The van der Waals surface area contributed by atoms with Crippen LogP contribution in [-0.2, 0) is 10.0 Å². The number of nitrogen functional groups attached to an aromatic ring is 1. The fourth-order valence-electron chi connectivity index (χ4n) is 2.64. The number of hydrazine groups is 1. The van der Waals surface area contributed by atoms with Gasteiger partial charge in [0.05, 0.1) is 0 Å². The molecule has 0 radical (unpaired) electrons. The summed E-state index contributed by atoms with van der Waals surface area (Å²) in [6, 6.07) is 1.50. The van der Waals surface area contributed by atoms with Gasteiger partial charge in [-0.3, -0.25) is 0 Å². The summed E-state index contributed by atoms with van der Waals surface area (Å²) in [6.45, 7) is 0.510. The lowest BCUT2D eigenvalue weighted by Crippen LogP contribution is -2.32. The lowest BCUT2D eigenvalue weighted by molar-refractivity contribution is 0.432. The SMILES string of the molecule is NNc1ncc(Br)cc1S(=O)(=O)NCC1(C2CC2)CC1. The van der Waals surface area contributed by atoms with E-state index in [1.165, 1.54) is 25.1 Å². The topological polar surface area (TPSA) is 97.1 Å². The summed E-state index contributed by atoms with van der Waals surface area (Å²) >= 11 is 3.23. The molecule has 0 spiro atoms. The molecular formula is C12H17BrN4O2S. The molecule has 110 valence electrons. The molecule has 1 aromatic rings. The minimum Gasteiger partial charge on any atom is -0.307 e. The number of sulfonamides is 1. The maximum absolute atomic E-state index is 12.4. The van der Waals surface area contributed by atoms with Crippen LogP contribution >= 0.6 is 15.9 Å². The maximum Gasteiger partial charge on any atom is 0.244 e. The van der Waals surface area contributed by atoms with Gasteiger partial charge in [0.25, 0.3) is 0 Å². The zero-order valence-corrected chi connectivity index (χ0v) is 13.3. The Morgan fingerprint density at radius 3 is 2.70 bits per heavy atom. The highest BCUT2D eigenvalue weighted by molar-refractivity contribution is 9.10. The monoisotopic (exact) mass is 360 g/mol. The summed E-state index contributed by atoms with van der Waals surface area (Å²) in [5, 5.41) is 0. The van der Waals surface area contributed by atoms with E-state index in [0.29, 0.717) is 16.9 Å². The van der Waals surface area contributed by atoms with E-state index in [2.05, 4.69) is 31.1 Å². The molecule has 2 aliphatic rings. The van der Waals surface area contributed by atoms with Gasteiger partial charge in [-0.15, -0.1) is 0 Å². The molecule has 8 heteroatoms. The van der Waals surface area contributed by atoms with Crippen LogP contribution in [0.1, 0.15) is 25.7 Å². The van der Waals surface area contributed by atoms with Crippen molar-refractivity contribution in [1.29, 1.82) is 0 Å². The largest absolute Gasteiger partial charge is 0.307 e. The number of pyridine rings is 1. The Kier molecular flexibility index (Phi) is 3.52. The van der Waals surface area contributed by atoms with E-state index in [0.717, 1.165) is 12.8 Å². The minimum absolute atomic E-state index is 0.0703. The zero-order valence-electron chi connectivity index (χ0n) is 10.9. The van der Waals surface area contributed by atoms with Crippen molar-refractivity contribution in [2.24, 2.45) is 17.2 Å². The fourth-order valence-corrected chi connectivity index (χ4v) is 4.40. The third-order valence-corrected chi connectivity index (χ3v) is 6.04. The van der Waals surface area contributed by atoms with Crippen molar-refractivity contribution in [2.75, 3.05) is 12.0 Å². The van der Waals surface area contributed by atoms with Crippen LogP contribution in [-0.4, -0.2) is 19.9 Å². The first kappa shape index (κ1) is 14.2. The standard InChI is InChI=1S/C12H17BrN4O2S/c13-9-5-10(11(17-14)15-6-9)20(18,19)16-7-12(3-4-12)8-1-2-8/h5-6,8,16H,1-4,7,14H2,(H,15,17). The highest BCUT2D eigenvalue weighted by Gasteiger charge is 2.53. The van der Waals surface area contributed by atoms with Crippen LogP contribution in [0.4, 0.5) is 5.82 Å². The van der Waals surface area contributed by atoms with Crippen LogP contribution in [0, 0.1) is 11.3 Å². The van der Waals surface area contributed by atoms with Gasteiger partial charge in [-0.1, -0.05) is 0 Å². The molecule has 0 bridgehead atoms. The Hall–Kier alpha value is -0.700. The number of hydrogen-bond donors (Lipinski definition) is 3. The van der Waals surface area contributed by atoms with E-state index in [4.69, 9.17) is 5.84 Å². The number of rotatable bonds is 6. The molecule has 1 heterocycles. The lowest BCUT2D eigenvalue weighted by Gasteiger charge is -2.16. The maximum atomic E-state index is 12.4. The molecule has 0 aromatic carbocycles. The molecule has 20 heavy (non-hydrogen) atoms. The van der Waals surface area contributed by atoms with Gasteiger partial charge in [0.2, 0.25) is 10.0 Å². The summed E-state index contributed by atoms with van der Waals surface area (Å²) < 4.78 is 28.1. The average molecular weight is 361 g/mol. The predicted molar refractivity (Wildman–Crippen MR) is 79.3 cm³/mol. The Labute approximate surface area is 126 Å². The van der Waals surface area contributed by atoms with Gasteiger partial charge < -0.3 is 5.43 Å².